The van der Waals surface area contributed by atoms with E-state index in [1.165, 1.54) is 6.42 Å². The zero-order valence-corrected chi connectivity index (χ0v) is 20.4. The Bertz CT molecular complexity index is 461. The topological polar surface area (TPSA) is 69.6 Å². The van der Waals surface area contributed by atoms with E-state index >= 15 is 0 Å². The van der Waals surface area contributed by atoms with E-state index in [-0.39, 0.29) is 30.1 Å². The first-order valence-electron chi connectivity index (χ1n) is 11.4. The fourth-order valence-electron chi connectivity index (χ4n) is 4.30. The van der Waals surface area contributed by atoms with Crippen molar-refractivity contribution in [2.24, 2.45) is 4.99 Å². The Morgan fingerprint density at radius 2 is 1.90 bits per heavy atom. The van der Waals surface area contributed by atoms with Crippen LogP contribution in [0.1, 0.15) is 51.9 Å². The summed E-state index contributed by atoms with van der Waals surface area (Å²) in [7, 11) is 0. The fraction of sp³-hybridized carbons (Fsp3) is 0.952. The Balaban J connectivity index is 0.00000300. The van der Waals surface area contributed by atoms with Gasteiger partial charge in [0.25, 0.3) is 0 Å². The molecule has 0 aliphatic carbocycles. The summed E-state index contributed by atoms with van der Waals surface area (Å²) >= 11 is 0. The van der Waals surface area contributed by atoms with E-state index in [2.05, 4.69) is 22.0 Å². The average Bonchev–Trinajstić information content (AvgIpc) is 3.24. The van der Waals surface area contributed by atoms with E-state index in [0.29, 0.717) is 12.2 Å². The predicted octanol–water partition coefficient (Wildman–Crippen LogP) is 2.08. The number of nitrogens with one attached hydrogen (secondary N) is 1. The fourth-order valence-corrected chi connectivity index (χ4v) is 4.30. The summed E-state index contributed by atoms with van der Waals surface area (Å²) in [5, 5.41) is 13.1. The van der Waals surface area contributed by atoms with Gasteiger partial charge in [-0.2, -0.15) is 0 Å². The lowest BCUT2D eigenvalue weighted by molar-refractivity contribution is -0.0367. The van der Waals surface area contributed by atoms with Crippen LogP contribution in [0.3, 0.4) is 0 Å². The van der Waals surface area contributed by atoms with Gasteiger partial charge in [-0.25, -0.2) is 0 Å². The highest BCUT2D eigenvalue weighted by Gasteiger charge is 2.24. The van der Waals surface area contributed by atoms with Crippen molar-refractivity contribution < 1.29 is 14.6 Å². The number of nitrogens with zero attached hydrogens (tertiary/aromatic N) is 3. The van der Waals surface area contributed by atoms with Crippen LogP contribution in [0.4, 0.5) is 0 Å². The van der Waals surface area contributed by atoms with Gasteiger partial charge in [-0.15, -0.1) is 24.0 Å². The van der Waals surface area contributed by atoms with Gasteiger partial charge in [-0.1, -0.05) is 0 Å². The van der Waals surface area contributed by atoms with E-state index in [0.717, 1.165) is 104 Å². The van der Waals surface area contributed by atoms with E-state index in [1.807, 2.05) is 0 Å². The molecule has 3 rings (SSSR count). The van der Waals surface area contributed by atoms with Crippen LogP contribution in [0, 0.1) is 0 Å². The van der Waals surface area contributed by atoms with Crippen LogP contribution in [0.2, 0.25) is 0 Å². The molecule has 3 fully saturated rings. The molecule has 8 heteroatoms. The second kappa shape index (κ2) is 14.0. The third kappa shape index (κ3) is 8.85. The summed E-state index contributed by atoms with van der Waals surface area (Å²) in [4.78, 5) is 9.70. The van der Waals surface area contributed by atoms with Crippen molar-refractivity contribution in [3.8, 4) is 0 Å². The Morgan fingerprint density at radius 1 is 1.14 bits per heavy atom. The van der Waals surface area contributed by atoms with E-state index in [9.17, 15) is 5.11 Å². The number of hydrogen-bond acceptors (Lipinski definition) is 5. The molecular weight excluding hydrogens is 483 g/mol. The average molecular weight is 524 g/mol. The van der Waals surface area contributed by atoms with Crippen molar-refractivity contribution in [1.82, 2.24) is 15.1 Å². The molecule has 0 bridgehead atoms. The van der Waals surface area contributed by atoms with Crippen molar-refractivity contribution >= 4 is 29.9 Å². The molecule has 0 aromatic rings. The first kappa shape index (κ1) is 25.1. The van der Waals surface area contributed by atoms with Gasteiger partial charge in [0.1, 0.15) is 0 Å². The van der Waals surface area contributed by atoms with Crippen molar-refractivity contribution in [2.45, 2.75) is 70.2 Å². The third-order valence-electron chi connectivity index (χ3n) is 6.07. The van der Waals surface area contributed by atoms with Gasteiger partial charge >= 0.3 is 0 Å². The molecule has 170 valence electrons. The Hall–Kier alpha value is -0.160. The Morgan fingerprint density at radius 3 is 2.55 bits per heavy atom. The Labute approximate surface area is 193 Å². The van der Waals surface area contributed by atoms with Gasteiger partial charge in [0.05, 0.1) is 24.9 Å². The van der Waals surface area contributed by atoms with Gasteiger partial charge in [0, 0.05) is 45.9 Å². The summed E-state index contributed by atoms with van der Waals surface area (Å²) in [5.74, 6) is 1.05. The first-order chi connectivity index (χ1) is 13.7. The monoisotopic (exact) mass is 524 g/mol. The molecule has 1 unspecified atom stereocenters. The number of aliphatic hydroxyl groups is 1. The molecule has 3 heterocycles. The number of aliphatic hydroxyl groups excluding tert-OH is 1. The summed E-state index contributed by atoms with van der Waals surface area (Å²) in [6.07, 6.45) is 7.94. The third-order valence-corrected chi connectivity index (χ3v) is 6.07. The van der Waals surface area contributed by atoms with Gasteiger partial charge in [0.15, 0.2) is 5.96 Å². The normalized spacial score (nSPS) is 25.2. The minimum absolute atomic E-state index is 0. The van der Waals surface area contributed by atoms with Crippen molar-refractivity contribution in [2.75, 3.05) is 59.0 Å². The van der Waals surface area contributed by atoms with E-state index in [4.69, 9.17) is 14.5 Å². The highest BCUT2D eigenvalue weighted by Crippen LogP contribution is 2.18. The maximum Gasteiger partial charge on any atom is 0.193 e. The predicted molar refractivity (Wildman–Crippen MR) is 127 cm³/mol. The molecule has 0 aromatic heterocycles. The largest absolute Gasteiger partial charge is 0.393 e. The molecule has 1 atom stereocenters. The summed E-state index contributed by atoms with van der Waals surface area (Å²) in [5.41, 5.74) is 0. The lowest BCUT2D eigenvalue weighted by Gasteiger charge is -2.34. The zero-order valence-electron chi connectivity index (χ0n) is 18.1. The molecule has 3 aliphatic rings. The van der Waals surface area contributed by atoms with Crippen LogP contribution in [0.15, 0.2) is 4.99 Å². The minimum atomic E-state index is -0.0905. The lowest BCUT2D eigenvalue weighted by atomic mass is 10.1. The molecule has 0 spiro atoms. The molecule has 0 radical (unpaired) electrons. The lowest BCUT2D eigenvalue weighted by Crippen LogP contribution is -2.47. The summed E-state index contributed by atoms with van der Waals surface area (Å²) < 4.78 is 11.8. The van der Waals surface area contributed by atoms with Crippen LogP contribution >= 0.6 is 24.0 Å². The van der Waals surface area contributed by atoms with Gasteiger partial charge in [-0.3, -0.25) is 4.99 Å². The van der Waals surface area contributed by atoms with Gasteiger partial charge in [-0.05, 0) is 58.4 Å². The standard InChI is InChI=1S/C21H40N4O3.HI/c1-2-22-21(23-10-4-11-24-12-6-18(26)7-13-24)25-14-8-19(9-15-25)28-17-20-5-3-16-27-20;/h18-20,26H,2-17H2,1H3,(H,22,23);1H. The van der Waals surface area contributed by atoms with E-state index < -0.39 is 0 Å². The molecule has 29 heavy (non-hydrogen) atoms. The highest BCUT2D eigenvalue weighted by molar-refractivity contribution is 14.0. The quantitative estimate of drug-likeness (QED) is 0.219. The van der Waals surface area contributed by atoms with E-state index in [1.54, 1.807) is 0 Å². The maximum atomic E-state index is 9.60. The number of likely N-dealkylation sites (tertiary alicyclic amines) is 2. The number of aliphatic imine (C=N–C) groups is 1. The number of guanidine groups is 1. The smallest absolute Gasteiger partial charge is 0.193 e. The molecule has 0 amide bonds. The second-order valence-electron chi connectivity index (χ2n) is 8.32. The molecule has 0 aromatic carbocycles. The molecule has 3 saturated heterocycles. The SMILES string of the molecule is CCNC(=NCCCN1CCC(O)CC1)N1CCC(OCC2CCCO2)CC1.I. The van der Waals surface area contributed by atoms with Crippen molar-refractivity contribution in [1.29, 1.82) is 0 Å². The molecular formula is C21H41IN4O3. The van der Waals surface area contributed by atoms with Crippen molar-refractivity contribution in [3.63, 3.8) is 0 Å². The first-order valence-corrected chi connectivity index (χ1v) is 11.4. The highest BCUT2D eigenvalue weighted by atomic mass is 127. The molecule has 3 aliphatic heterocycles. The van der Waals surface area contributed by atoms with Gasteiger partial charge < -0.3 is 29.7 Å². The number of piperidine rings is 2. The summed E-state index contributed by atoms with van der Waals surface area (Å²) in [6, 6.07) is 0. The number of halogens is 1. The van der Waals surface area contributed by atoms with Crippen LogP contribution in [0.25, 0.3) is 0 Å². The number of ether oxygens (including phenoxy) is 2. The number of rotatable bonds is 8. The van der Waals surface area contributed by atoms with Crippen LogP contribution in [-0.2, 0) is 9.47 Å². The zero-order chi connectivity index (χ0) is 19.6. The summed E-state index contributed by atoms with van der Waals surface area (Å²) in [6.45, 7) is 10.7. The second-order valence-corrected chi connectivity index (χ2v) is 8.32. The van der Waals surface area contributed by atoms with Crippen LogP contribution < -0.4 is 5.32 Å². The van der Waals surface area contributed by atoms with Crippen LogP contribution in [0.5, 0.6) is 0 Å². The van der Waals surface area contributed by atoms with Crippen LogP contribution in [-0.4, -0.2) is 98.2 Å². The molecule has 7 nitrogen and oxygen atoms in total. The molecule has 2 N–H and O–H groups in total. The van der Waals surface area contributed by atoms with Crippen molar-refractivity contribution in [3.05, 3.63) is 0 Å². The van der Waals surface area contributed by atoms with Gasteiger partial charge in [0.2, 0.25) is 0 Å². The Kier molecular flexibility index (Phi) is 12.1. The maximum absolute atomic E-state index is 9.60. The molecule has 0 saturated carbocycles. The number of hydrogen-bond donors (Lipinski definition) is 2. The minimum Gasteiger partial charge on any atom is -0.393 e.